The fourth-order valence-corrected chi connectivity index (χ4v) is 2.76. The van der Waals surface area contributed by atoms with Crippen molar-refractivity contribution in [3.05, 3.63) is 94.2 Å². The third-order valence-electron chi connectivity index (χ3n) is 3.76. The molecule has 3 rings (SSSR count). The number of rotatable bonds is 5. The van der Waals surface area contributed by atoms with Crippen LogP contribution in [0.3, 0.4) is 0 Å². The summed E-state index contributed by atoms with van der Waals surface area (Å²) >= 11 is 12.0. The number of hydrogen-bond acceptors (Lipinski definition) is 2. The lowest BCUT2D eigenvalue weighted by Gasteiger charge is -2.20. The zero-order valence-corrected chi connectivity index (χ0v) is 15.1. The first-order chi connectivity index (χ1) is 12.5. The molecule has 0 saturated carbocycles. The van der Waals surface area contributed by atoms with E-state index in [9.17, 15) is 9.18 Å². The molecule has 0 aliphatic carbocycles. The molecule has 0 bridgehead atoms. The van der Waals surface area contributed by atoms with E-state index in [0.29, 0.717) is 15.7 Å². The third kappa shape index (κ3) is 4.34. The van der Waals surface area contributed by atoms with E-state index in [1.165, 1.54) is 12.1 Å². The van der Waals surface area contributed by atoms with Gasteiger partial charge in [0.05, 0.1) is 15.7 Å². The normalized spacial score (nSPS) is 11.7. The van der Waals surface area contributed by atoms with Crippen molar-refractivity contribution >= 4 is 40.5 Å². The van der Waals surface area contributed by atoms with Gasteiger partial charge in [-0.3, -0.25) is 4.79 Å². The number of anilines is 2. The molecule has 1 amide bonds. The number of halogens is 3. The molecule has 3 aromatic rings. The molecule has 6 heteroatoms. The standard InChI is InChI=1S/C20H15Cl2FN2O/c21-15-11-10-14(12-16(15)22)24-19(13-6-2-1-3-7-13)20(26)25-18-9-5-4-8-17(18)23/h1-12,19,24H,(H,25,26). The van der Waals surface area contributed by atoms with E-state index in [-0.39, 0.29) is 5.69 Å². The van der Waals surface area contributed by atoms with Crippen LogP contribution in [0.15, 0.2) is 72.8 Å². The molecule has 0 aliphatic rings. The third-order valence-corrected chi connectivity index (χ3v) is 4.50. The Kier molecular flexibility index (Phi) is 5.76. The van der Waals surface area contributed by atoms with E-state index in [2.05, 4.69) is 10.6 Å². The molecule has 3 nitrogen and oxygen atoms in total. The van der Waals surface area contributed by atoms with E-state index in [1.54, 1.807) is 30.3 Å². The van der Waals surface area contributed by atoms with Crippen molar-refractivity contribution in [3.8, 4) is 0 Å². The van der Waals surface area contributed by atoms with Gasteiger partial charge in [0.1, 0.15) is 11.9 Å². The monoisotopic (exact) mass is 388 g/mol. The van der Waals surface area contributed by atoms with Crippen molar-refractivity contribution in [2.75, 3.05) is 10.6 Å². The molecule has 1 atom stereocenters. The van der Waals surface area contributed by atoms with Gasteiger partial charge in [0, 0.05) is 5.69 Å². The van der Waals surface area contributed by atoms with Gasteiger partial charge in [0.25, 0.3) is 5.91 Å². The number of amides is 1. The first-order valence-corrected chi connectivity index (χ1v) is 8.62. The average molecular weight is 389 g/mol. The predicted molar refractivity (Wildman–Crippen MR) is 104 cm³/mol. The Labute approximate surface area is 160 Å². The Morgan fingerprint density at radius 2 is 1.58 bits per heavy atom. The summed E-state index contributed by atoms with van der Waals surface area (Å²) < 4.78 is 13.9. The maximum absolute atomic E-state index is 13.9. The quantitative estimate of drug-likeness (QED) is 0.568. The van der Waals surface area contributed by atoms with Gasteiger partial charge in [-0.25, -0.2) is 4.39 Å². The van der Waals surface area contributed by atoms with E-state index in [1.807, 2.05) is 30.3 Å². The Bertz CT molecular complexity index is 919. The maximum atomic E-state index is 13.9. The highest BCUT2D eigenvalue weighted by molar-refractivity contribution is 6.42. The second kappa shape index (κ2) is 8.21. The lowest BCUT2D eigenvalue weighted by atomic mass is 10.1. The predicted octanol–water partition coefficient (Wildman–Crippen LogP) is 5.92. The van der Waals surface area contributed by atoms with E-state index < -0.39 is 17.8 Å². The van der Waals surface area contributed by atoms with Gasteiger partial charge in [-0.05, 0) is 35.9 Å². The highest BCUT2D eigenvalue weighted by Gasteiger charge is 2.21. The SMILES string of the molecule is O=C(Nc1ccccc1F)C(Nc1ccc(Cl)c(Cl)c1)c1ccccc1. The summed E-state index contributed by atoms with van der Waals surface area (Å²) in [7, 11) is 0. The molecule has 0 aliphatic heterocycles. The van der Waals surface area contributed by atoms with E-state index in [0.717, 1.165) is 5.56 Å². The average Bonchev–Trinajstić information content (AvgIpc) is 2.65. The van der Waals surface area contributed by atoms with Crippen LogP contribution in [-0.4, -0.2) is 5.91 Å². The Morgan fingerprint density at radius 3 is 2.27 bits per heavy atom. The number of nitrogens with one attached hydrogen (secondary N) is 2. The summed E-state index contributed by atoms with van der Waals surface area (Å²) in [4.78, 5) is 12.8. The van der Waals surface area contributed by atoms with Gasteiger partial charge in [-0.1, -0.05) is 65.7 Å². The molecule has 0 fully saturated rings. The molecule has 26 heavy (non-hydrogen) atoms. The van der Waals surface area contributed by atoms with Gasteiger partial charge >= 0.3 is 0 Å². The smallest absolute Gasteiger partial charge is 0.251 e. The largest absolute Gasteiger partial charge is 0.370 e. The van der Waals surface area contributed by atoms with Gasteiger partial charge < -0.3 is 10.6 Å². The summed E-state index contributed by atoms with van der Waals surface area (Å²) in [5, 5.41) is 6.54. The molecule has 0 saturated heterocycles. The van der Waals surface area contributed by atoms with E-state index in [4.69, 9.17) is 23.2 Å². The fourth-order valence-electron chi connectivity index (χ4n) is 2.47. The summed E-state index contributed by atoms with van der Waals surface area (Å²) in [5.74, 6) is -0.894. The number of carbonyl (C=O) groups is 1. The van der Waals surface area contributed by atoms with Crippen LogP contribution in [0.25, 0.3) is 0 Å². The molecular weight excluding hydrogens is 374 g/mol. The van der Waals surface area contributed by atoms with Crippen LogP contribution in [0.1, 0.15) is 11.6 Å². The Morgan fingerprint density at radius 1 is 0.885 bits per heavy atom. The number of carbonyl (C=O) groups excluding carboxylic acids is 1. The minimum Gasteiger partial charge on any atom is -0.370 e. The summed E-state index contributed by atoms with van der Waals surface area (Å²) in [6.45, 7) is 0. The van der Waals surface area contributed by atoms with Crippen LogP contribution < -0.4 is 10.6 Å². The van der Waals surface area contributed by atoms with Crippen molar-refractivity contribution in [1.29, 1.82) is 0 Å². The van der Waals surface area contributed by atoms with Gasteiger partial charge in [-0.2, -0.15) is 0 Å². The van der Waals surface area contributed by atoms with Gasteiger partial charge in [-0.15, -0.1) is 0 Å². The molecule has 132 valence electrons. The first kappa shape index (κ1) is 18.2. The molecule has 0 aromatic heterocycles. The summed E-state index contributed by atoms with van der Waals surface area (Å²) in [5.41, 5.74) is 1.47. The van der Waals surface area contributed by atoms with Crippen molar-refractivity contribution in [2.45, 2.75) is 6.04 Å². The van der Waals surface area contributed by atoms with Crippen molar-refractivity contribution in [1.82, 2.24) is 0 Å². The Balaban J connectivity index is 1.89. The molecule has 2 N–H and O–H groups in total. The molecule has 3 aromatic carbocycles. The van der Waals surface area contributed by atoms with Gasteiger partial charge in [0.2, 0.25) is 0 Å². The van der Waals surface area contributed by atoms with Crippen LogP contribution in [0.5, 0.6) is 0 Å². The summed E-state index contributed by atoms with van der Waals surface area (Å²) in [6, 6.07) is 19.4. The van der Waals surface area contributed by atoms with Crippen LogP contribution in [0.2, 0.25) is 10.0 Å². The van der Waals surface area contributed by atoms with E-state index >= 15 is 0 Å². The first-order valence-electron chi connectivity index (χ1n) is 7.86. The number of benzene rings is 3. The minimum atomic E-state index is -0.743. The molecular formula is C20H15Cl2FN2O. The fraction of sp³-hybridized carbons (Fsp3) is 0.0500. The van der Waals surface area contributed by atoms with Crippen molar-refractivity contribution < 1.29 is 9.18 Å². The zero-order chi connectivity index (χ0) is 18.5. The van der Waals surface area contributed by atoms with Crippen LogP contribution in [-0.2, 0) is 4.79 Å². The van der Waals surface area contributed by atoms with Crippen LogP contribution in [0.4, 0.5) is 15.8 Å². The molecule has 0 radical (unpaired) electrons. The molecule has 0 heterocycles. The highest BCUT2D eigenvalue weighted by atomic mass is 35.5. The second-order valence-corrected chi connectivity index (χ2v) is 6.40. The van der Waals surface area contributed by atoms with Crippen LogP contribution >= 0.6 is 23.2 Å². The molecule has 0 spiro atoms. The van der Waals surface area contributed by atoms with Gasteiger partial charge in [0.15, 0.2) is 0 Å². The lowest BCUT2D eigenvalue weighted by Crippen LogP contribution is -2.27. The second-order valence-electron chi connectivity index (χ2n) is 5.59. The zero-order valence-electron chi connectivity index (χ0n) is 13.5. The highest BCUT2D eigenvalue weighted by Crippen LogP contribution is 2.28. The minimum absolute atomic E-state index is 0.120. The van der Waals surface area contributed by atoms with Crippen LogP contribution in [0, 0.1) is 5.82 Å². The molecule has 1 unspecified atom stereocenters. The maximum Gasteiger partial charge on any atom is 0.251 e. The number of para-hydroxylation sites is 1. The van der Waals surface area contributed by atoms with Crippen molar-refractivity contribution in [3.63, 3.8) is 0 Å². The lowest BCUT2D eigenvalue weighted by molar-refractivity contribution is -0.117. The topological polar surface area (TPSA) is 41.1 Å². The van der Waals surface area contributed by atoms with Crippen molar-refractivity contribution in [2.24, 2.45) is 0 Å². The summed E-state index contributed by atoms with van der Waals surface area (Å²) in [6.07, 6.45) is 0. The number of hydrogen-bond donors (Lipinski definition) is 2. The Hall–Kier alpha value is -2.56.